The zero-order valence-corrected chi connectivity index (χ0v) is 20.2. The lowest BCUT2D eigenvalue weighted by Gasteiger charge is -2.26. The number of phosphoric acid groups is 3. The van der Waals surface area contributed by atoms with Gasteiger partial charge in [0.25, 0.3) is 5.56 Å². The summed E-state index contributed by atoms with van der Waals surface area (Å²) in [7, 11) is -17.9. The van der Waals surface area contributed by atoms with Crippen molar-refractivity contribution in [3.8, 4) is 11.8 Å². The first-order valence-electron chi connectivity index (χ1n) is 10.1. The van der Waals surface area contributed by atoms with E-state index in [0.29, 0.717) is 0 Å². The fraction of sp³-hybridized carbons (Fsp3) is 0.500. The average molecular weight is 580 g/mol. The molecule has 1 saturated heterocycles. The number of aromatic nitrogens is 4. The molecule has 0 aliphatic carbocycles. The molecule has 1 aliphatic rings. The number of imidazole rings is 1. The summed E-state index contributed by atoms with van der Waals surface area (Å²) < 4.78 is 80.5. The lowest BCUT2D eigenvalue weighted by Crippen LogP contribution is -2.46. The number of phosphoric ester groups is 1. The van der Waals surface area contributed by atoms with Crippen molar-refractivity contribution < 1.29 is 68.5 Å². The van der Waals surface area contributed by atoms with Crippen molar-refractivity contribution in [1.29, 1.82) is 0 Å². The smallest absolute Gasteiger partial charge is 0.386 e. The number of fused-ring (bicyclic) bond motifs is 1. The molecule has 0 radical (unpaired) electrons. The summed E-state index contributed by atoms with van der Waals surface area (Å²) in [6.45, 7) is -3.70. The minimum absolute atomic E-state index is 0.0562. The Labute approximate surface area is 201 Å². The van der Waals surface area contributed by atoms with Gasteiger partial charge in [0.1, 0.15) is 24.7 Å². The minimum Gasteiger partial charge on any atom is -0.386 e. The predicted octanol–water partition coefficient (Wildman–Crippen LogP) is -1.27. The first-order chi connectivity index (χ1) is 17.2. The van der Waals surface area contributed by atoms with Gasteiger partial charge in [-0.15, -0.1) is 0 Å². The van der Waals surface area contributed by atoms with Gasteiger partial charge < -0.3 is 39.5 Å². The molecule has 0 bridgehead atoms. The summed E-state index contributed by atoms with van der Waals surface area (Å²) in [5.74, 6) is 3.81. The van der Waals surface area contributed by atoms with Crippen LogP contribution in [-0.4, -0.2) is 80.3 Å². The van der Waals surface area contributed by atoms with E-state index in [2.05, 4.69) is 28.1 Å². The molecule has 3 heterocycles. The van der Waals surface area contributed by atoms with Gasteiger partial charge in [0, 0.05) is 0 Å². The number of aliphatic hydroxyl groups is 2. The molecule has 1 aliphatic heterocycles. The first kappa shape index (κ1) is 25.8. The molecule has 0 amide bonds. The minimum atomic E-state index is -6.10. The van der Waals surface area contributed by atoms with Gasteiger partial charge in [0.05, 0.1) is 15.6 Å². The van der Waals surface area contributed by atoms with Crippen LogP contribution in [0.3, 0.4) is 0 Å². The predicted molar refractivity (Wildman–Crippen MR) is 111 cm³/mol. The van der Waals surface area contributed by atoms with Crippen LogP contribution in [0.1, 0.15) is 14.8 Å². The van der Waals surface area contributed by atoms with Crippen molar-refractivity contribution in [3.05, 3.63) is 22.5 Å². The fourth-order valence-electron chi connectivity index (χ4n) is 3.00. The monoisotopic (exact) mass is 580 g/mol. The average Bonchev–Trinajstić information content (AvgIpc) is 3.22. The Hall–Kier alpha value is -1.87. The molecule has 3 rings (SSSR count). The quantitative estimate of drug-likeness (QED) is 0.142. The number of hydrogen-bond donors (Lipinski definition) is 7. The lowest BCUT2D eigenvalue weighted by atomic mass is 9.94. The molecule has 0 saturated carbocycles. The Balaban J connectivity index is 2.01. The number of rotatable bonds is 8. The molecule has 6 atom stereocenters. The molecule has 7 N–H and O–H groups in total. The number of aromatic amines is 1. The Morgan fingerprint density at radius 3 is 2.58 bits per heavy atom. The molecular weight excluding hydrogens is 560 g/mol. The maximum atomic E-state index is 12.8. The fourth-order valence-corrected chi connectivity index (χ4v) is 5.87. The molecule has 22 heteroatoms. The van der Waals surface area contributed by atoms with Gasteiger partial charge in [-0.05, 0) is 6.92 Å². The largest absolute Gasteiger partial charge is 0.490 e. The van der Waals surface area contributed by atoms with Crippen LogP contribution in [0.25, 0.3) is 11.2 Å². The van der Waals surface area contributed by atoms with Crippen LogP contribution in [-0.2, 0) is 31.6 Å². The van der Waals surface area contributed by atoms with E-state index >= 15 is 0 Å². The second kappa shape index (κ2) is 10.1. The third-order valence-corrected chi connectivity index (χ3v) is 7.91. The van der Waals surface area contributed by atoms with Crippen molar-refractivity contribution in [2.45, 2.75) is 31.0 Å². The van der Waals surface area contributed by atoms with Crippen molar-refractivity contribution >= 4 is 34.6 Å². The van der Waals surface area contributed by atoms with Gasteiger partial charge in [-0.25, -0.2) is 28.1 Å². The van der Waals surface area contributed by atoms with Gasteiger partial charge >= 0.3 is 23.5 Å². The van der Waals surface area contributed by atoms with Gasteiger partial charge in [-0.2, -0.15) is 8.62 Å². The van der Waals surface area contributed by atoms with Crippen molar-refractivity contribution in [1.82, 2.24) is 19.5 Å². The summed E-state index contributed by atoms with van der Waals surface area (Å²) in [6.07, 6.45) is -6.16. The number of ether oxygens (including phenoxy) is 1. The third kappa shape index (κ3) is 6.33. The molecule has 3 unspecified atom stereocenters. The van der Waals surface area contributed by atoms with E-state index in [9.17, 15) is 42.9 Å². The number of aryl methyl sites for hydroxylation is 1. The van der Waals surface area contributed by atoms with E-state index in [1.165, 1.54) is 6.92 Å². The summed E-state index contributed by atoms with van der Waals surface area (Å²) in [4.78, 5) is 58.4. The van der Waals surface area contributed by atoms with E-state index in [-0.39, 0.29) is 17.0 Å². The number of hydrogen-bond acceptors (Lipinski definition) is 12. The Morgan fingerprint density at radius 2 is 1.97 bits per heavy atom. The van der Waals surface area contributed by atoms with Crippen molar-refractivity contribution in [3.63, 3.8) is 0 Å². The molecule has 2 aromatic heterocycles. The SMILES string of the molecule is [2H]C([2H])(OP(=O)(O)OP(=O)(O)OP(=O)(O)O)[C@H]1O[C@@H](n2cnc3c(=O)[nH]c(C)nc32)C(O)(C#CCF)[C@H]1O. The number of halogens is 1. The standard InChI is InChI=1S/C14H18FN4O14P3/c1-7-17-11-9(12(21)18-7)16-6-19(11)13-14(22,3-2-4-15)10(20)8(31-13)5-30-35(26,27)33-36(28,29)32-34(23,24)25/h6,8,10,13,20,22H,4-5H2,1H3,(H,26,27)(H,28,29)(H,17,18,21)(H2,23,24,25)/t8-,10+,13-,14?/m1/s1/i5D2. The van der Waals surface area contributed by atoms with E-state index in [1.54, 1.807) is 0 Å². The molecule has 36 heavy (non-hydrogen) atoms. The van der Waals surface area contributed by atoms with E-state index in [4.69, 9.17) is 17.3 Å². The number of nitrogens with one attached hydrogen (secondary N) is 1. The van der Waals surface area contributed by atoms with Crippen LogP contribution in [0, 0.1) is 18.8 Å². The number of H-pyrrole nitrogens is 1. The highest BCUT2D eigenvalue weighted by Crippen LogP contribution is 2.66. The van der Waals surface area contributed by atoms with Crippen LogP contribution in [0.5, 0.6) is 0 Å². The normalized spacial score (nSPS) is 29.1. The molecular formula is C14H18FN4O14P3. The highest BCUT2D eigenvalue weighted by molar-refractivity contribution is 7.66. The molecule has 18 nitrogen and oxygen atoms in total. The Bertz CT molecular complexity index is 1500. The summed E-state index contributed by atoms with van der Waals surface area (Å²) in [6, 6.07) is 0. The van der Waals surface area contributed by atoms with Gasteiger partial charge in [0.2, 0.25) is 0 Å². The topological polar surface area (TPSA) is 273 Å². The second-order valence-corrected chi connectivity index (χ2v) is 11.2. The first-order valence-corrected chi connectivity index (χ1v) is 13.6. The molecule has 1 fully saturated rings. The van der Waals surface area contributed by atoms with Crippen LogP contribution >= 0.6 is 23.5 Å². The van der Waals surface area contributed by atoms with Gasteiger partial charge in [-0.1, -0.05) is 11.8 Å². The van der Waals surface area contributed by atoms with Crippen LogP contribution < -0.4 is 5.56 Å². The highest BCUT2D eigenvalue weighted by atomic mass is 31.3. The molecule has 200 valence electrons. The summed E-state index contributed by atoms with van der Waals surface area (Å²) in [5.41, 5.74) is -4.20. The van der Waals surface area contributed by atoms with Crippen LogP contribution in [0.15, 0.2) is 11.1 Å². The number of nitrogens with zero attached hydrogens (tertiary/aromatic N) is 3. The van der Waals surface area contributed by atoms with Crippen molar-refractivity contribution in [2.24, 2.45) is 0 Å². The van der Waals surface area contributed by atoms with Gasteiger partial charge in [0.15, 0.2) is 23.0 Å². The van der Waals surface area contributed by atoms with Crippen LogP contribution in [0.2, 0.25) is 0 Å². The molecule has 0 aromatic carbocycles. The maximum Gasteiger partial charge on any atom is 0.490 e. The molecule has 2 aromatic rings. The van der Waals surface area contributed by atoms with E-state index in [1.807, 2.05) is 11.8 Å². The number of aliphatic hydroxyl groups excluding tert-OH is 1. The Morgan fingerprint density at radius 1 is 1.31 bits per heavy atom. The Kier molecular flexibility index (Phi) is 7.24. The second-order valence-electron chi connectivity index (χ2n) is 6.89. The van der Waals surface area contributed by atoms with E-state index < -0.39 is 66.3 Å². The maximum absolute atomic E-state index is 12.8. The lowest BCUT2D eigenvalue weighted by molar-refractivity contribution is -0.0719. The highest BCUT2D eigenvalue weighted by Gasteiger charge is 2.57. The zero-order valence-electron chi connectivity index (χ0n) is 19.5. The molecule has 0 spiro atoms. The summed E-state index contributed by atoms with van der Waals surface area (Å²) >= 11 is 0. The van der Waals surface area contributed by atoms with Crippen LogP contribution in [0.4, 0.5) is 4.39 Å². The van der Waals surface area contributed by atoms with Crippen molar-refractivity contribution in [2.75, 3.05) is 13.2 Å². The zero-order chi connectivity index (χ0) is 28.9. The number of alkyl halides is 1. The third-order valence-electron chi connectivity index (χ3n) is 4.25. The van der Waals surface area contributed by atoms with Gasteiger partial charge in [-0.3, -0.25) is 13.9 Å². The summed E-state index contributed by atoms with van der Waals surface area (Å²) in [5, 5.41) is 21.8. The van der Waals surface area contributed by atoms with E-state index in [0.717, 1.165) is 10.9 Å².